The van der Waals surface area contributed by atoms with Crippen molar-refractivity contribution in [3.8, 4) is 11.8 Å². The molecule has 2 heterocycles. The predicted octanol–water partition coefficient (Wildman–Crippen LogP) is -0.174. The maximum Gasteiger partial charge on any atom is 0.270 e. The Balaban J connectivity index is 1.95. The average Bonchev–Trinajstić information content (AvgIpc) is 2.82. The highest BCUT2D eigenvalue weighted by Gasteiger charge is 2.21. The van der Waals surface area contributed by atoms with Gasteiger partial charge in [-0.25, -0.2) is 4.98 Å². The largest absolute Gasteiger partial charge is 0.347 e. The van der Waals surface area contributed by atoms with Gasteiger partial charge in [0.1, 0.15) is 5.69 Å². The van der Waals surface area contributed by atoms with Gasteiger partial charge in [-0.15, -0.1) is 0 Å². The Morgan fingerprint density at radius 2 is 2.47 bits per heavy atom. The van der Waals surface area contributed by atoms with Crippen molar-refractivity contribution in [1.29, 1.82) is 0 Å². The number of hydrogen-bond acceptors (Lipinski definition) is 4. The number of likely N-dealkylation sites (tertiary alicyclic amines) is 1. The number of carbonyl (C=O) groups is 1. The van der Waals surface area contributed by atoms with Crippen LogP contribution in [0, 0.1) is 11.8 Å². The van der Waals surface area contributed by atoms with Crippen molar-refractivity contribution in [2.24, 2.45) is 5.73 Å². The molecule has 2 rings (SSSR count). The van der Waals surface area contributed by atoms with Gasteiger partial charge in [0.15, 0.2) is 0 Å². The molecule has 0 aromatic carbocycles. The first-order valence-corrected chi connectivity index (χ1v) is 6.33. The van der Waals surface area contributed by atoms with Crippen LogP contribution in [0.4, 0.5) is 0 Å². The highest BCUT2D eigenvalue weighted by atomic mass is 16.1. The molecule has 0 spiro atoms. The summed E-state index contributed by atoms with van der Waals surface area (Å²) in [7, 11) is 2.05. The summed E-state index contributed by atoms with van der Waals surface area (Å²) in [6.45, 7) is 2.23. The quantitative estimate of drug-likeness (QED) is 0.722. The van der Waals surface area contributed by atoms with Crippen LogP contribution in [0.3, 0.4) is 0 Å². The van der Waals surface area contributed by atoms with Gasteiger partial charge < -0.3 is 16.0 Å². The van der Waals surface area contributed by atoms with E-state index in [4.69, 9.17) is 5.73 Å². The van der Waals surface area contributed by atoms with Crippen LogP contribution in [0.1, 0.15) is 22.5 Å². The Bertz CT molecular complexity index is 500. The molecule has 0 bridgehead atoms. The molecular formula is C14H18N4O. The van der Waals surface area contributed by atoms with Crippen molar-refractivity contribution in [1.82, 2.24) is 15.2 Å². The molecule has 1 aliphatic heterocycles. The minimum absolute atomic E-state index is 0.126. The third-order valence-electron chi connectivity index (χ3n) is 3.06. The third-order valence-corrected chi connectivity index (χ3v) is 3.06. The molecule has 0 aliphatic carbocycles. The van der Waals surface area contributed by atoms with Gasteiger partial charge >= 0.3 is 0 Å². The smallest absolute Gasteiger partial charge is 0.270 e. The summed E-state index contributed by atoms with van der Waals surface area (Å²) in [5.74, 6) is 5.50. The number of rotatable bonds is 2. The lowest BCUT2D eigenvalue weighted by Crippen LogP contribution is -2.36. The molecule has 3 N–H and O–H groups in total. The van der Waals surface area contributed by atoms with Crippen molar-refractivity contribution in [3.05, 3.63) is 29.6 Å². The standard InChI is InChI=1S/C14H18N4O/c1-18-8-6-12(10-18)17-14(19)13-5-4-11(9-16-13)3-2-7-15/h4-5,9,12H,6-8,10,15H2,1H3,(H,17,19). The number of nitrogens with one attached hydrogen (secondary N) is 1. The molecule has 1 aromatic rings. The molecule has 1 amide bonds. The van der Waals surface area contributed by atoms with Gasteiger partial charge in [-0.1, -0.05) is 11.8 Å². The van der Waals surface area contributed by atoms with E-state index >= 15 is 0 Å². The summed E-state index contributed by atoms with van der Waals surface area (Å²) in [5.41, 5.74) is 6.49. The molecule has 19 heavy (non-hydrogen) atoms. The van der Waals surface area contributed by atoms with Crippen molar-refractivity contribution in [2.45, 2.75) is 12.5 Å². The molecule has 1 atom stereocenters. The second-order valence-electron chi connectivity index (χ2n) is 4.66. The highest BCUT2D eigenvalue weighted by Crippen LogP contribution is 2.07. The number of carbonyl (C=O) groups excluding carboxylic acids is 1. The van der Waals surface area contributed by atoms with Crippen LogP contribution in [-0.2, 0) is 0 Å². The Labute approximate surface area is 113 Å². The Morgan fingerprint density at radius 3 is 3.05 bits per heavy atom. The number of amides is 1. The van der Waals surface area contributed by atoms with Gasteiger partial charge in [-0.3, -0.25) is 4.79 Å². The van der Waals surface area contributed by atoms with Gasteiger partial charge in [-0.2, -0.15) is 0 Å². The van der Waals surface area contributed by atoms with E-state index in [1.165, 1.54) is 0 Å². The molecule has 1 aromatic heterocycles. The molecule has 5 nitrogen and oxygen atoms in total. The number of hydrogen-bond donors (Lipinski definition) is 2. The summed E-state index contributed by atoms with van der Waals surface area (Å²) in [5, 5.41) is 2.99. The van der Waals surface area contributed by atoms with Crippen LogP contribution in [0.15, 0.2) is 18.3 Å². The van der Waals surface area contributed by atoms with Crippen molar-refractivity contribution in [3.63, 3.8) is 0 Å². The topological polar surface area (TPSA) is 71.2 Å². The third kappa shape index (κ3) is 3.78. The normalized spacial score (nSPS) is 18.7. The molecule has 1 aliphatic rings. The molecule has 1 fully saturated rings. The van der Waals surface area contributed by atoms with Gasteiger partial charge in [0.05, 0.1) is 6.54 Å². The van der Waals surface area contributed by atoms with E-state index in [1.54, 1.807) is 18.3 Å². The number of likely N-dealkylation sites (N-methyl/N-ethyl adjacent to an activating group) is 1. The minimum atomic E-state index is -0.126. The Hall–Kier alpha value is -1.90. The zero-order valence-electron chi connectivity index (χ0n) is 11.0. The van der Waals surface area contributed by atoms with Gasteiger partial charge in [-0.05, 0) is 32.1 Å². The van der Waals surface area contributed by atoms with Crippen LogP contribution < -0.4 is 11.1 Å². The summed E-state index contributed by atoms with van der Waals surface area (Å²) >= 11 is 0. The lowest BCUT2D eigenvalue weighted by molar-refractivity contribution is 0.0933. The average molecular weight is 258 g/mol. The summed E-state index contributed by atoms with van der Waals surface area (Å²) < 4.78 is 0. The molecule has 0 radical (unpaired) electrons. The fourth-order valence-electron chi connectivity index (χ4n) is 2.07. The first-order valence-electron chi connectivity index (χ1n) is 6.33. The number of aromatic nitrogens is 1. The van der Waals surface area contributed by atoms with E-state index < -0.39 is 0 Å². The van der Waals surface area contributed by atoms with E-state index in [1.807, 2.05) is 0 Å². The van der Waals surface area contributed by atoms with Crippen LogP contribution in [-0.4, -0.2) is 48.5 Å². The van der Waals surface area contributed by atoms with Crippen molar-refractivity contribution < 1.29 is 4.79 Å². The zero-order valence-corrected chi connectivity index (χ0v) is 11.0. The van der Waals surface area contributed by atoms with E-state index in [9.17, 15) is 4.79 Å². The van der Waals surface area contributed by atoms with Crippen LogP contribution in [0.2, 0.25) is 0 Å². The second-order valence-corrected chi connectivity index (χ2v) is 4.66. The SMILES string of the molecule is CN1CCC(NC(=O)c2ccc(C#CCN)cn2)C1. The van der Waals surface area contributed by atoms with Gasteiger partial charge in [0.2, 0.25) is 0 Å². The first-order chi connectivity index (χ1) is 9.19. The fourth-order valence-corrected chi connectivity index (χ4v) is 2.07. The van der Waals surface area contributed by atoms with Crippen molar-refractivity contribution >= 4 is 5.91 Å². The first kappa shape index (κ1) is 13.5. The van der Waals surface area contributed by atoms with Crippen LogP contribution in [0.25, 0.3) is 0 Å². The second kappa shape index (κ2) is 6.32. The molecule has 1 unspecified atom stereocenters. The van der Waals surface area contributed by atoms with Crippen LogP contribution in [0.5, 0.6) is 0 Å². The van der Waals surface area contributed by atoms with E-state index in [0.29, 0.717) is 12.2 Å². The van der Waals surface area contributed by atoms with E-state index in [0.717, 1.165) is 25.1 Å². The van der Waals surface area contributed by atoms with Gasteiger partial charge in [0.25, 0.3) is 5.91 Å². The predicted molar refractivity (Wildman–Crippen MR) is 73.5 cm³/mol. The summed E-state index contributed by atoms with van der Waals surface area (Å²) in [6, 6.07) is 3.69. The highest BCUT2D eigenvalue weighted by molar-refractivity contribution is 5.92. The molecular weight excluding hydrogens is 240 g/mol. The Kier molecular flexibility index (Phi) is 4.50. The molecule has 100 valence electrons. The fraction of sp³-hybridized carbons (Fsp3) is 0.429. The van der Waals surface area contributed by atoms with Crippen LogP contribution >= 0.6 is 0 Å². The summed E-state index contributed by atoms with van der Waals surface area (Å²) in [6.07, 6.45) is 2.58. The monoisotopic (exact) mass is 258 g/mol. The maximum absolute atomic E-state index is 12.0. The molecule has 0 saturated carbocycles. The summed E-state index contributed by atoms with van der Waals surface area (Å²) in [4.78, 5) is 18.3. The minimum Gasteiger partial charge on any atom is -0.347 e. The maximum atomic E-state index is 12.0. The van der Waals surface area contributed by atoms with Crippen molar-refractivity contribution in [2.75, 3.05) is 26.7 Å². The number of nitrogens with zero attached hydrogens (tertiary/aromatic N) is 2. The molecule has 1 saturated heterocycles. The van der Waals surface area contributed by atoms with Gasteiger partial charge in [0, 0.05) is 24.3 Å². The number of nitrogens with two attached hydrogens (primary N) is 1. The van der Waals surface area contributed by atoms with E-state index in [2.05, 4.69) is 34.1 Å². The Morgan fingerprint density at radius 1 is 1.63 bits per heavy atom. The molecule has 5 heteroatoms. The lowest BCUT2D eigenvalue weighted by Gasteiger charge is -2.12. The zero-order chi connectivity index (χ0) is 13.7. The lowest BCUT2D eigenvalue weighted by atomic mass is 10.2. The number of pyridine rings is 1. The van der Waals surface area contributed by atoms with E-state index in [-0.39, 0.29) is 11.9 Å².